The smallest absolute Gasteiger partial charge is 0.303 e. The van der Waals surface area contributed by atoms with Gasteiger partial charge in [-0.15, -0.1) is 0 Å². The molecule has 0 unspecified atom stereocenters. The molecule has 5 heteroatoms. The van der Waals surface area contributed by atoms with Gasteiger partial charge in [-0.3, -0.25) is 4.52 Å². The zero-order valence-electron chi connectivity index (χ0n) is 19.8. The van der Waals surface area contributed by atoms with Gasteiger partial charge in [-0.25, -0.2) is 4.57 Å². The lowest BCUT2D eigenvalue weighted by Crippen LogP contribution is -2.32. The van der Waals surface area contributed by atoms with E-state index in [0.717, 1.165) is 57.8 Å². The van der Waals surface area contributed by atoms with Crippen molar-refractivity contribution in [3.63, 3.8) is 0 Å². The molecule has 0 fully saturated rings. The highest BCUT2D eigenvalue weighted by atomic mass is 31.2. The van der Waals surface area contributed by atoms with E-state index in [0.29, 0.717) is 0 Å². The van der Waals surface area contributed by atoms with Crippen molar-refractivity contribution < 1.29 is 18.9 Å². The maximum Gasteiger partial charge on any atom is 0.470 e. The molecule has 0 bridgehead atoms. The van der Waals surface area contributed by atoms with Crippen LogP contribution in [0.2, 0.25) is 0 Å². The van der Waals surface area contributed by atoms with Crippen LogP contribution in [0, 0.1) is 0 Å². The summed E-state index contributed by atoms with van der Waals surface area (Å²) in [5.74, 6) is 0. The van der Waals surface area contributed by atoms with Crippen LogP contribution in [0.15, 0.2) is 0 Å². The van der Waals surface area contributed by atoms with E-state index in [4.69, 9.17) is 4.52 Å². The van der Waals surface area contributed by atoms with Crippen molar-refractivity contribution in [1.29, 1.82) is 0 Å². The molecular formula is C24H51O4P. The highest BCUT2D eigenvalue weighted by molar-refractivity contribution is 7.46. The number of phosphoric acid groups is 1. The molecule has 0 amide bonds. The zero-order valence-corrected chi connectivity index (χ0v) is 20.7. The van der Waals surface area contributed by atoms with Crippen molar-refractivity contribution in [1.82, 2.24) is 0 Å². The van der Waals surface area contributed by atoms with E-state index in [1.165, 1.54) is 70.6 Å². The summed E-state index contributed by atoms with van der Waals surface area (Å²) in [7, 11) is -4.48. The second kappa shape index (κ2) is 18.8. The van der Waals surface area contributed by atoms with E-state index in [2.05, 4.69) is 20.8 Å². The lowest BCUT2D eigenvalue weighted by Gasteiger charge is -2.34. The first-order valence-electron chi connectivity index (χ1n) is 12.7. The van der Waals surface area contributed by atoms with E-state index >= 15 is 0 Å². The van der Waals surface area contributed by atoms with E-state index in [-0.39, 0.29) is 0 Å². The molecule has 29 heavy (non-hydrogen) atoms. The van der Waals surface area contributed by atoms with Crippen LogP contribution in [-0.2, 0) is 9.09 Å². The van der Waals surface area contributed by atoms with Gasteiger partial charge in [0.05, 0.1) is 5.60 Å². The Hall–Kier alpha value is 0.110. The molecular weight excluding hydrogens is 383 g/mol. The molecule has 0 heterocycles. The Labute approximate surface area is 181 Å². The predicted octanol–water partition coefficient (Wildman–Crippen LogP) is 8.70. The van der Waals surface area contributed by atoms with Gasteiger partial charge in [0, 0.05) is 0 Å². The largest absolute Gasteiger partial charge is 0.470 e. The standard InChI is InChI=1S/C24H51O4P/c1-4-7-10-13-16-19-22-24(28-29(25,26)27,21-18-15-12-9-6-3)23-20-17-14-11-8-5-2/h4-23H2,1-3H3,(H2,25,26,27). The third-order valence-electron chi connectivity index (χ3n) is 6.02. The first kappa shape index (κ1) is 29.1. The summed E-state index contributed by atoms with van der Waals surface area (Å²) in [5, 5.41) is 0. The van der Waals surface area contributed by atoms with Gasteiger partial charge in [-0.2, -0.15) is 0 Å². The Balaban J connectivity index is 4.77. The molecule has 0 aromatic rings. The van der Waals surface area contributed by atoms with Crippen LogP contribution in [0.1, 0.15) is 149 Å². The highest BCUT2D eigenvalue weighted by Gasteiger charge is 2.36. The van der Waals surface area contributed by atoms with Crippen LogP contribution in [0.5, 0.6) is 0 Å². The Morgan fingerprint density at radius 3 is 1.10 bits per heavy atom. The number of hydrogen-bond acceptors (Lipinski definition) is 2. The summed E-state index contributed by atoms with van der Waals surface area (Å²) in [5.41, 5.74) is -0.638. The highest BCUT2D eigenvalue weighted by Crippen LogP contribution is 2.47. The number of rotatable bonds is 22. The van der Waals surface area contributed by atoms with Crippen molar-refractivity contribution in [2.45, 2.75) is 155 Å². The fraction of sp³-hybridized carbons (Fsp3) is 1.00. The molecule has 0 aliphatic heterocycles. The third kappa shape index (κ3) is 18.6. The topological polar surface area (TPSA) is 66.8 Å². The van der Waals surface area contributed by atoms with Gasteiger partial charge in [0.15, 0.2) is 0 Å². The lowest BCUT2D eigenvalue weighted by molar-refractivity contribution is 0.00535. The summed E-state index contributed by atoms with van der Waals surface area (Å²) < 4.78 is 17.4. The van der Waals surface area contributed by atoms with Crippen molar-refractivity contribution in [2.24, 2.45) is 0 Å². The van der Waals surface area contributed by atoms with Crippen LogP contribution in [-0.4, -0.2) is 15.4 Å². The summed E-state index contributed by atoms with van der Waals surface area (Å²) in [6.07, 6.45) is 22.4. The molecule has 4 nitrogen and oxygen atoms in total. The average Bonchev–Trinajstić information content (AvgIpc) is 2.66. The Morgan fingerprint density at radius 1 is 0.552 bits per heavy atom. The maximum absolute atomic E-state index is 11.8. The van der Waals surface area contributed by atoms with Crippen molar-refractivity contribution in [3.8, 4) is 0 Å². The minimum Gasteiger partial charge on any atom is -0.303 e. The number of unbranched alkanes of at least 4 members (excludes halogenated alkanes) is 14. The van der Waals surface area contributed by atoms with E-state index in [1.807, 2.05) is 0 Å². The van der Waals surface area contributed by atoms with Crippen LogP contribution in [0.25, 0.3) is 0 Å². The van der Waals surface area contributed by atoms with Crippen LogP contribution in [0.3, 0.4) is 0 Å². The summed E-state index contributed by atoms with van der Waals surface area (Å²) in [6, 6.07) is 0. The molecule has 2 N–H and O–H groups in total. The molecule has 0 spiro atoms. The van der Waals surface area contributed by atoms with Gasteiger partial charge < -0.3 is 9.79 Å². The van der Waals surface area contributed by atoms with E-state index < -0.39 is 13.4 Å². The first-order valence-corrected chi connectivity index (χ1v) is 14.2. The predicted molar refractivity (Wildman–Crippen MR) is 125 cm³/mol. The quantitative estimate of drug-likeness (QED) is 0.132. The molecule has 0 radical (unpaired) electrons. The molecule has 0 aliphatic carbocycles. The fourth-order valence-corrected chi connectivity index (χ4v) is 5.05. The summed E-state index contributed by atoms with van der Waals surface area (Å²) in [4.78, 5) is 19.3. The zero-order chi connectivity index (χ0) is 21.8. The van der Waals surface area contributed by atoms with Crippen LogP contribution in [0.4, 0.5) is 0 Å². The normalized spacial score (nSPS) is 12.6. The molecule has 176 valence electrons. The molecule has 0 atom stereocenters. The Morgan fingerprint density at radius 2 is 0.828 bits per heavy atom. The maximum atomic E-state index is 11.8. The Kier molecular flexibility index (Phi) is 18.9. The fourth-order valence-electron chi connectivity index (χ4n) is 4.27. The molecule has 0 saturated heterocycles. The Bertz CT molecular complexity index is 378. The summed E-state index contributed by atoms with van der Waals surface area (Å²) in [6.45, 7) is 6.65. The van der Waals surface area contributed by atoms with Crippen molar-refractivity contribution in [2.75, 3.05) is 0 Å². The third-order valence-corrected chi connectivity index (χ3v) is 6.65. The molecule has 0 saturated carbocycles. The van der Waals surface area contributed by atoms with Crippen LogP contribution < -0.4 is 0 Å². The average molecular weight is 435 g/mol. The number of phosphoric ester groups is 1. The molecule has 0 aromatic heterocycles. The van der Waals surface area contributed by atoms with Crippen LogP contribution >= 0.6 is 7.82 Å². The van der Waals surface area contributed by atoms with Gasteiger partial charge >= 0.3 is 7.82 Å². The van der Waals surface area contributed by atoms with Gasteiger partial charge in [0.1, 0.15) is 0 Å². The van der Waals surface area contributed by atoms with E-state index in [9.17, 15) is 14.4 Å². The van der Waals surface area contributed by atoms with Gasteiger partial charge in [-0.05, 0) is 19.3 Å². The number of hydrogen-bond donors (Lipinski definition) is 2. The monoisotopic (exact) mass is 434 g/mol. The summed E-state index contributed by atoms with van der Waals surface area (Å²) >= 11 is 0. The van der Waals surface area contributed by atoms with Crippen molar-refractivity contribution >= 4 is 7.82 Å². The van der Waals surface area contributed by atoms with E-state index in [1.54, 1.807) is 0 Å². The van der Waals surface area contributed by atoms with Gasteiger partial charge in [-0.1, -0.05) is 130 Å². The first-order chi connectivity index (χ1) is 13.9. The minimum atomic E-state index is -4.48. The minimum absolute atomic E-state index is 0.638. The van der Waals surface area contributed by atoms with Gasteiger partial charge in [0.2, 0.25) is 0 Å². The second-order valence-electron chi connectivity index (χ2n) is 8.96. The second-order valence-corrected chi connectivity index (χ2v) is 10.1. The SMILES string of the molecule is CCCCCCCCC(CCCCCCC)(CCCCCCCC)OP(=O)(O)O. The molecule has 0 aliphatic rings. The van der Waals surface area contributed by atoms with Gasteiger partial charge in [0.25, 0.3) is 0 Å². The molecule has 0 rings (SSSR count). The lowest BCUT2D eigenvalue weighted by atomic mass is 9.85. The molecule has 0 aromatic carbocycles. The van der Waals surface area contributed by atoms with Crippen molar-refractivity contribution in [3.05, 3.63) is 0 Å².